The highest BCUT2D eigenvalue weighted by molar-refractivity contribution is 5.81. The van der Waals surface area contributed by atoms with Crippen LogP contribution in [0.5, 0.6) is 0 Å². The molecule has 0 heterocycles. The minimum Gasteiger partial charge on any atom is -1.00 e. The zero-order valence-corrected chi connectivity index (χ0v) is 30.4. The van der Waals surface area contributed by atoms with E-state index in [9.17, 15) is 9.59 Å². The van der Waals surface area contributed by atoms with Crippen LogP contribution in [0, 0.1) is 0 Å². The topological polar surface area (TPSA) is 52.6 Å². The molecular weight excluding hydrogens is 636 g/mol. The summed E-state index contributed by atoms with van der Waals surface area (Å²) in [6, 6.07) is 0. The third-order valence-electron chi connectivity index (χ3n) is 7.34. The van der Waals surface area contributed by atoms with Crippen LogP contribution in [-0.4, -0.2) is 101 Å². The van der Waals surface area contributed by atoms with Gasteiger partial charge in [-0.1, -0.05) is 90.9 Å². The number of hydrogen-bond donors (Lipinski definition) is 0. The van der Waals surface area contributed by atoms with Crippen molar-refractivity contribution in [3.8, 4) is 0 Å². The molecule has 0 atom stereocenters. The third-order valence-corrected chi connectivity index (χ3v) is 7.34. The lowest BCUT2D eigenvalue weighted by Gasteiger charge is -2.29. The monoisotopic (exact) mass is 700 g/mol. The van der Waals surface area contributed by atoms with Crippen LogP contribution in [0.3, 0.4) is 0 Å². The first kappa shape index (κ1) is 44.6. The Bertz CT molecular complexity index is 539. The summed E-state index contributed by atoms with van der Waals surface area (Å²) in [5.74, 6) is 0.260. The molecule has 0 spiro atoms. The standard InChI is InChI=1S/C32H66N2O4.2BrH/c1-7-9-11-13-15-17-19-21-23-33(3,4)27-31(35)29-37-25-26-38-30-32(36)28-34(5,6)24-22-20-18-16-14-12-10-8-2;;/h7-30H2,1-6H3;2*1H/q+2;;/p-2. The molecule has 40 heavy (non-hydrogen) atoms. The van der Waals surface area contributed by atoms with Gasteiger partial charge in [0.15, 0.2) is 0 Å². The van der Waals surface area contributed by atoms with Crippen molar-refractivity contribution in [3.63, 3.8) is 0 Å². The van der Waals surface area contributed by atoms with Gasteiger partial charge in [-0.05, 0) is 25.7 Å². The van der Waals surface area contributed by atoms with E-state index in [0.29, 0.717) is 26.3 Å². The number of Topliss-reactive ketones (excluding diaryl/α,β-unsaturated/α-hetero) is 2. The Morgan fingerprint density at radius 1 is 0.475 bits per heavy atom. The molecule has 0 aromatic heterocycles. The largest absolute Gasteiger partial charge is 1.00 e. The predicted molar refractivity (Wildman–Crippen MR) is 161 cm³/mol. The Morgan fingerprint density at radius 2 is 0.750 bits per heavy atom. The van der Waals surface area contributed by atoms with E-state index in [1.54, 1.807) is 0 Å². The van der Waals surface area contributed by atoms with Crippen LogP contribution < -0.4 is 34.0 Å². The van der Waals surface area contributed by atoms with E-state index in [-0.39, 0.29) is 58.7 Å². The van der Waals surface area contributed by atoms with E-state index in [1.807, 2.05) is 0 Å². The summed E-state index contributed by atoms with van der Waals surface area (Å²) in [4.78, 5) is 24.7. The molecule has 0 N–H and O–H groups in total. The summed E-state index contributed by atoms with van der Waals surface area (Å²) in [5, 5.41) is 0. The van der Waals surface area contributed by atoms with Crippen LogP contribution in [0.1, 0.15) is 117 Å². The van der Waals surface area contributed by atoms with Gasteiger partial charge in [0.25, 0.3) is 0 Å². The first-order chi connectivity index (χ1) is 18.1. The quantitative estimate of drug-likeness (QED) is 0.0848. The van der Waals surface area contributed by atoms with Crippen molar-refractivity contribution in [3.05, 3.63) is 0 Å². The van der Waals surface area contributed by atoms with Crippen LogP contribution >= 0.6 is 0 Å². The number of ketones is 2. The van der Waals surface area contributed by atoms with Gasteiger partial charge >= 0.3 is 0 Å². The van der Waals surface area contributed by atoms with Gasteiger partial charge in [0, 0.05) is 0 Å². The number of carbonyl (C=O) groups is 2. The number of quaternary nitrogens is 2. The number of carbonyl (C=O) groups excluding carboxylic acids is 2. The Hall–Kier alpha value is 0.140. The molecule has 0 aliphatic heterocycles. The molecule has 6 nitrogen and oxygen atoms in total. The molecule has 242 valence electrons. The van der Waals surface area contributed by atoms with Crippen molar-refractivity contribution < 1.29 is 62.0 Å². The molecule has 0 amide bonds. The van der Waals surface area contributed by atoms with Crippen molar-refractivity contribution in [2.75, 3.05) is 80.8 Å². The first-order valence-electron chi connectivity index (χ1n) is 15.9. The fraction of sp³-hybridized carbons (Fsp3) is 0.938. The Morgan fingerprint density at radius 3 is 1.05 bits per heavy atom. The zero-order valence-electron chi connectivity index (χ0n) is 27.3. The average molecular weight is 703 g/mol. The summed E-state index contributed by atoms with van der Waals surface area (Å²) in [5.41, 5.74) is 0. The molecule has 0 aliphatic carbocycles. The smallest absolute Gasteiger partial charge is 0.212 e. The lowest BCUT2D eigenvalue weighted by atomic mass is 10.1. The van der Waals surface area contributed by atoms with Crippen LogP contribution in [0.2, 0.25) is 0 Å². The predicted octanol–water partition coefficient (Wildman–Crippen LogP) is 0.600. The maximum atomic E-state index is 12.3. The molecule has 0 aromatic rings. The molecule has 0 saturated carbocycles. The van der Waals surface area contributed by atoms with Gasteiger partial charge in [0.2, 0.25) is 11.6 Å². The van der Waals surface area contributed by atoms with E-state index >= 15 is 0 Å². The molecule has 0 fully saturated rings. The molecule has 0 aliphatic rings. The van der Waals surface area contributed by atoms with E-state index in [1.165, 1.54) is 103 Å². The maximum Gasteiger partial charge on any atom is 0.212 e. The minimum atomic E-state index is 0. The van der Waals surface area contributed by atoms with Crippen molar-refractivity contribution in [2.45, 2.75) is 117 Å². The summed E-state index contributed by atoms with van der Waals surface area (Å²) >= 11 is 0. The van der Waals surface area contributed by atoms with Crippen molar-refractivity contribution in [1.29, 1.82) is 0 Å². The Kier molecular flexibility index (Phi) is 32.6. The fourth-order valence-electron chi connectivity index (χ4n) is 5.04. The molecule has 0 saturated heterocycles. The second kappa shape index (κ2) is 29.2. The van der Waals surface area contributed by atoms with Crippen LogP contribution in [-0.2, 0) is 19.1 Å². The highest BCUT2D eigenvalue weighted by atomic mass is 79.9. The highest BCUT2D eigenvalue weighted by Crippen LogP contribution is 2.11. The van der Waals surface area contributed by atoms with Gasteiger partial charge in [-0.15, -0.1) is 0 Å². The Balaban J connectivity index is -0.00000684. The Labute approximate surface area is 270 Å². The molecule has 0 rings (SSSR count). The number of unbranched alkanes of at least 4 members (excludes halogenated alkanes) is 14. The van der Waals surface area contributed by atoms with Crippen molar-refractivity contribution in [2.24, 2.45) is 0 Å². The number of ether oxygens (including phenoxy) is 2. The number of likely N-dealkylation sites (N-methyl/N-ethyl adjacent to an activating group) is 2. The van der Waals surface area contributed by atoms with E-state index < -0.39 is 0 Å². The zero-order chi connectivity index (χ0) is 28.5. The fourth-order valence-corrected chi connectivity index (χ4v) is 5.04. The lowest BCUT2D eigenvalue weighted by Crippen LogP contribution is -3.00. The lowest BCUT2D eigenvalue weighted by molar-refractivity contribution is -0.882. The van der Waals surface area contributed by atoms with E-state index in [4.69, 9.17) is 9.47 Å². The molecule has 8 heteroatoms. The van der Waals surface area contributed by atoms with Gasteiger partial charge in [-0.2, -0.15) is 0 Å². The molecule has 0 unspecified atom stereocenters. The normalized spacial score (nSPS) is 11.7. The number of rotatable bonds is 29. The summed E-state index contributed by atoms with van der Waals surface area (Å²) in [6.07, 6.45) is 20.9. The average Bonchev–Trinajstić information content (AvgIpc) is 2.84. The van der Waals surface area contributed by atoms with Gasteiger partial charge in [-0.3, -0.25) is 9.59 Å². The van der Waals surface area contributed by atoms with E-state index in [0.717, 1.165) is 22.1 Å². The summed E-state index contributed by atoms with van der Waals surface area (Å²) in [7, 11) is 8.51. The number of nitrogens with zero attached hydrogens (tertiary/aromatic N) is 2. The number of hydrogen-bond acceptors (Lipinski definition) is 4. The maximum absolute atomic E-state index is 12.3. The molecular formula is C32H66Br2N2O4. The van der Waals surface area contributed by atoms with E-state index in [2.05, 4.69) is 42.0 Å². The summed E-state index contributed by atoms with van der Waals surface area (Å²) in [6.45, 7) is 8.51. The summed E-state index contributed by atoms with van der Waals surface area (Å²) < 4.78 is 12.5. The van der Waals surface area contributed by atoms with Gasteiger partial charge in [0.05, 0.1) is 54.5 Å². The first-order valence-corrected chi connectivity index (χ1v) is 15.9. The molecule has 0 aromatic carbocycles. The SMILES string of the molecule is CCCCCCCCCC[N+](C)(C)CC(=O)COCCOCC(=O)C[N+](C)(C)CCCCCCCCCC.[Br-].[Br-]. The minimum absolute atomic E-state index is 0. The van der Waals surface area contributed by atoms with Gasteiger partial charge in [0.1, 0.15) is 26.3 Å². The van der Waals surface area contributed by atoms with Crippen molar-refractivity contribution >= 4 is 11.6 Å². The van der Waals surface area contributed by atoms with Crippen LogP contribution in [0.4, 0.5) is 0 Å². The van der Waals surface area contributed by atoms with Crippen molar-refractivity contribution in [1.82, 2.24) is 0 Å². The molecule has 0 bridgehead atoms. The van der Waals surface area contributed by atoms with Crippen LogP contribution in [0.25, 0.3) is 0 Å². The highest BCUT2D eigenvalue weighted by Gasteiger charge is 2.21. The van der Waals surface area contributed by atoms with Gasteiger partial charge in [-0.25, -0.2) is 0 Å². The van der Waals surface area contributed by atoms with Crippen LogP contribution in [0.15, 0.2) is 0 Å². The second-order valence-corrected chi connectivity index (χ2v) is 12.8. The van der Waals surface area contributed by atoms with Gasteiger partial charge < -0.3 is 52.4 Å². The second-order valence-electron chi connectivity index (χ2n) is 12.8. The third kappa shape index (κ3) is 31.1. The number of halogens is 2. The molecule has 0 radical (unpaired) electrons.